The van der Waals surface area contributed by atoms with Crippen LogP contribution in [0.3, 0.4) is 0 Å². The number of ketones is 1. The third-order valence-corrected chi connectivity index (χ3v) is 4.54. The first-order valence-electron chi connectivity index (χ1n) is 7.73. The van der Waals surface area contributed by atoms with Gasteiger partial charge in [0, 0.05) is 13.1 Å². The molecule has 4 heteroatoms. The first-order chi connectivity index (χ1) is 10.1. The highest BCUT2D eigenvalue weighted by atomic mass is 16.5. The van der Waals surface area contributed by atoms with Crippen molar-refractivity contribution in [3.05, 3.63) is 29.3 Å². The molecule has 1 aromatic carbocycles. The Bertz CT molecular complexity index is 533. The van der Waals surface area contributed by atoms with Crippen LogP contribution >= 0.6 is 0 Å². The Morgan fingerprint density at radius 1 is 1.19 bits per heavy atom. The second-order valence-corrected chi connectivity index (χ2v) is 6.23. The van der Waals surface area contributed by atoms with Gasteiger partial charge in [-0.05, 0) is 38.3 Å². The van der Waals surface area contributed by atoms with Crippen molar-refractivity contribution in [2.75, 3.05) is 32.9 Å². The Kier molecular flexibility index (Phi) is 4.00. The van der Waals surface area contributed by atoms with Crippen molar-refractivity contribution in [1.82, 2.24) is 4.90 Å². The molecule has 0 N–H and O–H groups in total. The summed E-state index contributed by atoms with van der Waals surface area (Å²) in [5.74, 6) is 0.943. The highest BCUT2D eigenvalue weighted by Crippen LogP contribution is 2.33. The Labute approximate surface area is 126 Å². The van der Waals surface area contributed by atoms with Crippen molar-refractivity contribution in [3.63, 3.8) is 0 Å². The van der Waals surface area contributed by atoms with Gasteiger partial charge in [0.15, 0.2) is 5.78 Å². The maximum atomic E-state index is 13.1. The van der Waals surface area contributed by atoms with Gasteiger partial charge in [0.05, 0.1) is 30.9 Å². The van der Waals surface area contributed by atoms with Crippen LogP contribution in [0, 0.1) is 0 Å². The van der Waals surface area contributed by atoms with Gasteiger partial charge in [-0.1, -0.05) is 12.1 Å². The smallest absolute Gasteiger partial charge is 0.186 e. The van der Waals surface area contributed by atoms with Gasteiger partial charge < -0.3 is 9.47 Å². The molecular weight excluding hydrogens is 266 g/mol. The molecule has 2 aliphatic heterocycles. The van der Waals surface area contributed by atoms with E-state index in [2.05, 4.69) is 11.0 Å². The number of para-hydroxylation sites is 1. The first kappa shape index (κ1) is 14.5. The molecule has 0 radical (unpaired) electrons. The van der Waals surface area contributed by atoms with Gasteiger partial charge in [-0.2, -0.15) is 0 Å². The number of rotatable bonds is 3. The second kappa shape index (κ2) is 5.78. The molecule has 0 spiro atoms. The van der Waals surface area contributed by atoms with Crippen LogP contribution < -0.4 is 4.74 Å². The number of nitrogens with zero attached hydrogens (tertiary/aromatic N) is 1. The number of benzene rings is 1. The summed E-state index contributed by atoms with van der Waals surface area (Å²) in [7, 11) is 0. The van der Waals surface area contributed by atoms with Gasteiger partial charge in [-0.25, -0.2) is 0 Å². The molecule has 0 bridgehead atoms. The minimum Gasteiger partial charge on any atom is -0.493 e. The van der Waals surface area contributed by atoms with Crippen LogP contribution in [0.25, 0.3) is 0 Å². The average Bonchev–Trinajstić information content (AvgIpc) is 2.54. The van der Waals surface area contributed by atoms with E-state index in [4.69, 9.17) is 9.47 Å². The van der Waals surface area contributed by atoms with E-state index in [0.717, 1.165) is 42.8 Å². The maximum absolute atomic E-state index is 13.1. The lowest BCUT2D eigenvalue weighted by Crippen LogP contribution is -2.54. The van der Waals surface area contributed by atoms with E-state index in [1.165, 1.54) is 0 Å². The van der Waals surface area contributed by atoms with E-state index in [1.807, 2.05) is 26.0 Å². The largest absolute Gasteiger partial charge is 0.493 e. The fourth-order valence-electron chi connectivity index (χ4n) is 3.16. The number of carbonyl (C=O) groups is 1. The van der Waals surface area contributed by atoms with Crippen molar-refractivity contribution >= 4 is 5.78 Å². The number of aryl methyl sites for hydroxylation is 1. The van der Waals surface area contributed by atoms with Crippen molar-refractivity contribution in [2.45, 2.75) is 32.2 Å². The molecule has 3 rings (SSSR count). The summed E-state index contributed by atoms with van der Waals surface area (Å²) in [6, 6.07) is 5.93. The molecule has 0 atom stereocenters. The predicted octanol–water partition coefficient (Wildman–Crippen LogP) is 2.31. The normalized spacial score (nSPS) is 19.7. The van der Waals surface area contributed by atoms with Crippen LogP contribution in [0.15, 0.2) is 18.2 Å². The van der Waals surface area contributed by atoms with Crippen molar-refractivity contribution in [2.24, 2.45) is 0 Å². The molecular formula is C17H23NO3. The molecule has 21 heavy (non-hydrogen) atoms. The quantitative estimate of drug-likeness (QED) is 0.800. The standard InChI is InChI=1S/C17H23NO3/c1-17(2,18-8-11-20-12-9-18)16(19)14-7-3-5-13-6-4-10-21-15(13)14/h3,5,7H,4,6,8-12H2,1-2H3. The van der Waals surface area contributed by atoms with Crippen LogP contribution in [-0.4, -0.2) is 49.1 Å². The van der Waals surface area contributed by atoms with E-state index in [0.29, 0.717) is 19.8 Å². The summed E-state index contributed by atoms with van der Waals surface area (Å²) < 4.78 is 11.2. The zero-order valence-electron chi connectivity index (χ0n) is 12.9. The number of morpholine rings is 1. The number of fused-ring (bicyclic) bond motifs is 1. The molecule has 1 aromatic rings. The molecule has 4 nitrogen and oxygen atoms in total. The molecule has 0 aromatic heterocycles. The molecule has 1 saturated heterocycles. The Morgan fingerprint density at radius 3 is 2.71 bits per heavy atom. The average molecular weight is 289 g/mol. The van der Waals surface area contributed by atoms with Crippen molar-refractivity contribution < 1.29 is 14.3 Å². The highest BCUT2D eigenvalue weighted by Gasteiger charge is 2.37. The zero-order chi connectivity index (χ0) is 14.9. The Hall–Kier alpha value is -1.39. The molecule has 0 amide bonds. The molecule has 0 unspecified atom stereocenters. The molecule has 114 valence electrons. The van der Waals surface area contributed by atoms with E-state index in [9.17, 15) is 4.79 Å². The van der Waals surface area contributed by atoms with Crippen molar-refractivity contribution in [1.29, 1.82) is 0 Å². The van der Waals surface area contributed by atoms with Crippen LogP contribution in [-0.2, 0) is 11.2 Å². The van der Waals surface area contributed by atoms with Gasteiger partial charge in [0.1, 0.15) is 5.75 Å². The second-order valence-electron chi connectivity index (χ2n) is 6.23. The summed E-state index contributed by atoms with van der Waals surface area (Å²) in [6.45, 7) is 7.70. The third kappa shape index (κ3) is 2.70. The minimum atomic E-state index is -0.528. The molecule has 2 aliphatic rings. The fraction of sp³-hybridized carbons (Fsp3) is 0.588. The van der Waals surface area contributed by atoms with Gasteiger partial charge >= 0.3 is 0 Å². The van der Waals surface area contributed by atoms with E-state index in [-0.39, 0.29) is 5.78 Å². The summed E-state index contributed by atoms with van der Waals surface area (Å²) in [6.07, 6.45) is 2.02. The third-order valence-electron chi connectivity index (χ3n) is 4.54. The molecule has 2 heterocycles. The Morgan fingerprint density at radius 2 is 1.95 bits per heavy atom. The monoisotopic (exact) mass is 289 g/mol. The van der Waals surface area contributed by atoms with Gasteiger partial charge in [-0.15, -0.1) is 0 Å². The number of Topliss-reactive ketones (excluding diaryl/α,β-unsaturated/α-hetero) is 1. The summed E-state index contributed by atoms with van der Waals surface area (Å²) >= 11 is 0. The Balaban J connectivity index is 1.90. The lowest BCUT2D eigenvalue weighted by molar-refractivity contribution is -0.00441. The molecule has 0 aliphatic carbocycles. The summed E-state index contributed by atoms with van der Waals surface area (Å²) in [4.78, 5) is 15.3. The van der Waals surface area contributed by atoms with Crippen LogP contribution in [0.4, 0.5) is 0 Å². The lowest BCUT2D eigenvalue weighted by Gasteiger charge is -2.40. The van der Waals surface area contributed by atoms with E-state index < -0.39 is 5.54 Å². The summed E-state index contributed by atoms with van der Waals surface area (Å²) in [5, 5.41) is 0. The number of ether oxygens (including phenoxy) is 2. The fourth-order valence-corrected chi connectivity index (χ4v) is 3.16. The summed E-state index contributed by atoms with van der Waals surface area (Å²) in [5.41, 5.74) is 1.35. The highest BCUT2D eigenvalue weighted by molar-refractivity contribution is 6.05. The van der Waals surface area contributed by atoms with E-state index >= 15 is 0 Å². The van der Waals surface area contributed by atoms with Crippen molar-refractivity contribution in [3.8, 4) is 5.75 Å². The van der Waals surface area contributed by atoms with Crippen LogP contribution in [0.2, 0.25) is 0 Å². The number of hydrogen-bond acceptors (Lipinski definition) is 4. The number of hydrogen-bond donors (Lipinski definition) is 0. The van der Waals surface area contributed by atoms with Gasteiger partial charge in [-0.3, -0.25) is 9.69 Å². The lowest BCUT2D eigenvalue weighted by atomic mass is 9.88. The SMILES string of the molecule is CC(C)(C(=O)c1cccc2c1OCCC2)N1CCOCC1. The van der Waals surface area contributed by atoms with Gasteiger partial charge in [0.25, 0.3) is 0 Å². The van der Waals surface area contributed by atoms with E-state index in [1.54, 1.807) is 0 Å². The van der Waals surface area contributed by atoms with Gasteiger partial charge in [0.2, 0.25) is 0 Å². The predicted molar refractivity (Wildman–Crippen MR) is 81.1 cm³/mol. The topological polar surface area (TPSA) is 38.8 Å². The number of carbonyl (C=O) groups excluding carboxylic acids is 1. The minimum absolute atomic E-state index is 0.142. The van der Waals surface area contributed by atoms with Crippen LogP contribution in [0.1, 0.15) is 36.2 Å². The molecule has 0 saturated carbocycles. The first-order valence-corrected chi connectivity index (χ1v) is 7.73. The maximum Gasteiger partial charge on any atom is 0.186 e. The molecule has 1 fully saturated rings. The zero-order valence-corrected chi connectivity index (χ0v) is 12.9. The van der Waals surface area contributed by atoms with Crippen LogP contribution in [0.5, 0.6) is 5.75 Å².